The summed E-state index contributed by atoms with van der Waals surface area (Å²) in [6.45, 7) is 0. The Balaban J connectivity index is 2.16. The summed E-state index contributed by atoms with van der Waals surface area (Å²) < 4.78 is 0. The quantitative estimate of drug-likeness (QED) is 0.662. The van der Waals surface area contributed by atoms with Crippen LogP contribution in [0.25, 0.3) is 17.2 Å². The maximum absolute atomic E-state index is 12.1. The summed E-state index contributed by atoms with van der Waals surface area (Å²) in [5.74, 6) is 0.136. The topological polar surface area (TPSA) is 17.1 Å². The van der Waals surface area contributed by atoms with Gasteiger partial charge in [-0.05, 0) is 33.9 Å². The third-order valence-electron chi connectivity index (χ3n) is 3.70. The molecule has 0 spiro atoms. The van der Waals surface area contributed by atoms with E-state index < -0.39 is 0 Å². The normalized spacial score (nSPS) is 19.1. The third kappa shape index (κ3) is 1.01. The Morgan fingerprint density at radius 3 is 2.59 bits per heavy atom. The highest BCUT2D eigenvalue weighted by molar-refractivity contribution is 6.09. The molecular formula is C16H10O. The van der Waals surface area contributed by atoms with E-state index in [4.69, 9.17) is 0 Å². The summed E-state index contributed by atoms with van der Waals surface area (Å²) >= 11 is 0. The maximum Gasteiger partial charge on any atom is 0.167 e. The van der Waals surface area contributed by atoms with E-state index in [0.717, 1.165) is 5.56 Å². The fraction of sp³-hybridized carbons (Fsp3) is 0.0625. The van der Waals surface area contributed by atoms with Gasteiger partial charge in [0, 0.05) is 0 Å². The zero-order valence-electron chi connectivity index (χ0n) is 9.18. The van der Waals surface area contributed by atoms with Crippen LogP contribution in [0.15, 0.2) is 48.5 Å². The van der Waals surface area contributed by atoms with Crippen LogP contribution < -0.4 is 0 Å². The van der Waals surface area contributed by atoms with E-state index in [0.29, 0.717) is 0 Å². The molecule has 2 aromatic rings. The molecule has 1 unspecified atom stereocenters. The molecule has 4 rings (SSSR count). The van der Waals surface area contributed by atoms with E-state index in [1.54, 1.807) is 6.08 Å². The lowest BCUT2D eigenvalue weighted by atomic mass is 9.85. The number of benzene rings is 2. The van der Waals surface area contributed by atoms with Gasteiger partial charge in [0.05, 0.1) is 5.92 Å². The SMILES string of the molecule is O=C1C=Cc2cccc3c2C1c1ccccc1-3. The van der Waals surface area contributed by atoms with Crippen LogP contribution in [-0.4, -0.2) is 5.78 Å². The molecule has 2 aliphatic rings. The molecule has 0 bridgehead atoms. The Hall–Kier alpha value is -2.15. The molecule has 80 valence electrons. The van der Waals surface area contributed by atoms with Crippen LogP contribution in [0.1, 0.15) is 22.6 Å². The second-order valence-corrected chi connectivity index (χ2v) is 4.56. The zero-order chi connectivity index (χ0) is 11.4. The van der Waals surface area contributed by atoms with Gasteiger partial charge in [-0.15, -0.1) is 0 Å². The molecule has 0 saturated heterocycles. The number of fused-ring (bicyclic) bond motifs is 3. The molecule has 0 aromatic heterocycles. The first-order valence-corrected chi connectivity index (χ1v) is 5.80. The van der Waals surface area contributed by atoms with Crippen molar-refractivity contribution >= 4 is 11.9 Å². The number of hydrogen-bond acceptors (Lipinski definition) is 1. The van der Waals surface area contributed by atoms with Crippen LogP contribution in [0, 0.1) is 0 Å². The van der Waals surface area contributed by atoms with E-state index in [2.05, 4.69) is 30.3 Å². The van der Waals surface area contributed by atoms with Gasteiger partial charge in [-0.25, -0.2) is 0 Å². The van der Waals surface area contributed by atoms with Gasteiger partial charge in [-0.1, -0.05) is 48.5 Å². The van der Waals surface area contributed by atoms with Crippen LogP contribution >= 0.6 is 0 Å². The minimum Gasteiger partial charge on any atom is -0.294 e. The summed E-state index contributed by atoms with van der Waals surface area (Å²) in [5.41, 5.74) is 5.97. The fourth-order valence-corrected chi connectivity index (χ4v) is 3.00. The van der Waals surface area contributed by atoms with E-state index in [9.17, 15) is 4.79 Å². The van der Waals surface area contributed by atoms with Gasteiger partial charge in [-0.3, -0.25) is 4.79 Å². The van der Waals surface area contributed by atoms with Crippen LogP contribution in [0.3, 0.4) is 0 Å². The Bertz CT molecular complexity index is 680. The highest BCUT2D eigenvalue weighted by Gasteiger charge is 2.35. The fourth-order valence-electron chi connectivity index (χ4n) is 3.00. The molecule has 0 fully saturated rings. The Labute approximate surface area is 99.4 Å². The first-order chi connectivity index (χ1) is 8.36. The molecule has 0 aliphatic heterocycles. The van der Waals surface area contributed by atoms with Crippen LogP contribution in [0.2, 0.25) is 0 Å². The molecule has 0 amide bonds. The number of carbonyl (C=O) groups is 1. The molecule has 0 saturated carbocycles. The number of carbonyl (C=O) groups excluding carboxylic acids is 1. The Morgan fingerprint density at radius 2 is 1.65 bits per heavy atom. The predicted molar refractivity (Wildman–Crippen MR) is 67.8 cm³/mol. The molecule has 2 aromatic carbocycles. The van der Waals surface area contributed by atoms with Gasteiger partial charge in [0.1, 0.15) is 0 Å². The number of allylic oxidation sites excluding steroid dienone is 1. The van der Waals surface area contributed by atoms with Crippen molar-refractivity contribution in [2.24, 2.45) is 0 Å². The Morgan fingerprint density at radius 1 is 0.824 bits per heavy atom. The Kier molecular flexibility index (Phi) is 1.55. The van der Waals surface area contributed by atoms with Gasteiger partial charge < -0.3 is 0 Å². The van der Waals surface area contributed by atoms with E-state index in [1.807, 2.05) is 18.2 Å². The van der Waals surface area contributed by atoms with Crippen LogP contribution in [-0.2, 0) is 4.79 Å². The van der Waals surface area contributed by atoms with Gasteiger partial charge >= 0.3 is 0 Å². The zero-order valence-corrected chi connectivity index (χ0v) is 9.18. The average Bonchev–Trinajstić information content (AvgIpc) is 2.71. The van der Waals surface area contributed by atoms with Gasteiger partial charge in [0.2, 0.25) is 0 Å². The molecule has 1 heteroatoms. The summed E-state index contributed by atoms with van der Waals surface area (Å²) in [5, 5.41) is 0. The molecule has 17 heavy (non-hydrogen) atoms. The van der Waals surface area contributed by atoms with Gasteiger partial charge in [0.15, 0.2) is 5.78 Å². The lowest BCUT2D eigenvalue weighted by Gasteiger charge is -2.16. The average molecular weight is 218 g/mol. The van der Waals surface area contributed by atoms with Crippen molar-refractivity contribution in [2.45, 2.75) is 5.92 Å². The monoisotopic (exact) mass is 218 g/mol. The van der Waals surface area contributed by atoms with Crippen molar-refractivity contribution in [3.05, 3.63) is 65.2 Å². The van der Waals surface area contributed by atoms with Crippen molar-refractivity contribution < 1.29 is 4.79 Å². The first kappa shape index (κ1) is 8.94. The van der Waals surface area contributed by atoms with Gasteiger partial charge in [0.25, 0.3) is 0 Å². The second-order valence-electron chi connectivity index (χ2n) is 4.56. The van der Waals surface area contributed by atoms with Crippen LogP contribution in [0.5, 0.6) is 0 Å². The maximum atomic E-state index is 12.1. The summed E-state index contributed by atoms with van der Waals surface area (Å²) in [6.07, 6.45) is 3.64. The molecule has 2 aliphatic carbocycles. The highest BCUT2D eigenvalue weighted by atomic mass is 16.1. The highest BCUT2D eigenvalue weighted by Crippen LogP contribution is 2.48. The number of rotatable bonds is 0. The summed E-state index contributed by atoms with van der Waals surface area (Å²) in [7, 11) is 0. The van der Waals surface area contributed by atoms with Crippen molar-refractivity contribution in [2.75, 3.05) is 0 Å². The summed E-state index contributed by atoms with van der Waals surface area (Å²) in [4.78, 5) is 12.1. The lowest BCUT2D eigenvalue weighted by Crippen LogP contribution is -2.12. The smallest absolute Gasteiger partial charge is 0.167 e. The van der Waals surface area contributed by atoms with E-state index >= 15 is 0 Å². The van der Waals surface area contributed by atoms with Crippen LogP contribution in [0.4, 0.5) is 0 Å². The molecule has 0 N–H and O–H groups in total. The van der Waals surface area contributed by atoms with Gasteiger partial charge in [-0.2, -0.15) is 0 Å². The minimum absolute atomic E-state index is 0.0672. The van der Waals surface area contributed by atoms with Crippen molar-refractivity contribution in [1.82, 2.24) is 0 Å². The standard InChI is InChI=1S/C16H10O/c17-14-9-8-10-4-3-7-12-11-5-1-2-6-13(11)16(14)15(10)12/h1-9,16H. The second kappa shape index (κ2) is 2.95. The molecule has 0 radical (unpaired) electrons. The molecule has 1 nitrogen and oxygen atoms in total. The number of hydrogen-bond donors (Lipinski definition) is 0. The van der Waals surface area contributed by atoms with Crippen molar-refractivity contribution in [3.8, 4) is 11.1 Å². The predicted octanol–water partition coefficient (Wildman–Crippen LogP) is 3.39. The van der Waals surface area contributed by atoms with Crippen molar-refractivity contribution in [3.63, 3.8) is 0 Å². The number of ketones is 1. The first-order valence-electron chi connectivity index (χ1n) is 5.80. The molecule has 0 heterocycles. The minimum atomic E-state index is -0.0672. The summed E-state index contributed by atoms with van der Waals surface area (Å²) in [6, 6.07) is 14.5. The van der Waals surface area contributed by atoms with E-state index in [-0.39, 0.29) is 11.7 Å². The van der Waals surface area contributed by atoms with E-state index in [1.165, 1.54) is 22.3 Å². The van der Waals surface area contributed by atoms with Crippen molar-refractivity contribution in [1.29, 1.82) is 0 Å². The molecule has 1 atom stereocenters. The third-order valence-corrected chi connectivity index (χ3v) is 3.70. The lowest BCUT2D eigenvalue weighted by molar-refractivity contribution is -0.115. The largest absolute Gasteiger partial charge is 0.294 e. The molecular weight excluding hydrogens is 208 g/mol.